The number of amides is 2. The van der Waals surface area contributed by atoms with Gasteiger partial charge in [0, 0.05) is 19.6 Å². The van der Waals surface area contributed by atoms with Crippen LogP contribution >= 0.6 is 0 Å². The van der Waals surface area contributed by atoms with E-state index in [1.54, 1.807) is 4.90 Å². The topological polar surface area (TPSA) is 59.4 Å². The molecule has 94 valence electrons. The molecule has 2 heterocycles. The Labute approximate surface area is 102 Å². The minimum absolute atomic E-state index is 0.00141. The molecule has 0 aromatic rings. The van der Waals surface area contributed by atoms with Crippen LogP contribution in [0.2, 0.25) is 0 Å². The Balaban J connectivity index is 1.87. The average molecular weight is 236 g/mol. The predicted octanol–water partition coefficient (Wildman–Crippen LogP) is 0.636. The summed E-state index contributed by atoms with van der Waals surface area (Å²) < 4.78 is 0. The van der Waals surface area contributed by atoms with Crippen LogP contribution in [0.3, 0.4) is 0 Å². The van der Waals surface area contributed by atoms with Gasteiger partial charge in [-0.3, -0.25) is 0 Å². The molecule has 0 bridgehead atoms. The molecule has 1 N–H and O–H groups in total. The van der Waals surface area contributed by atoms with Crippen LogP contribution in [0.1, 0.15) is 19.3 Å². The summed E-state index contributed by atoms with van der Waals surface area (Å²) in [5.74, 6) is 0.560. The third-order valence-electron chi connectivity index (χ3n) is 3.74. The highest BCUT2D eigenvalue weighted by molar-refractivity contribution is 5.77. The molecule has 2 fully saturated rings. The molecular formula is C12H20N4O. The molecule has 2 amide bonds. The molecule has 2 atom stereocenters. The summed E-state index contributed by atoms with van der Waals surface area (Å²) >= 11 is 0. The Morgan fingerprint density at radius 3 is 3.06 bits per heavy atom. The normalized spacial score (nSPS) is 30.1. The molecule has 5 nitrogen and oxygen atoms in total. The van der Waals surface area contributed by atoms with Gasteiger partial charge in [0.15, 0.2) is 0 Å². The van der Waals surface area contributed by atoms with Crippen molar-refractivity contribution in [2.45, 2.75) is 25.3 Å². The van der Waals surface area contributed by atoms with Crippen LogP contribution in [0, 0.1) is 17.2 Å². The molecule has 2 unspecified atom stereocenters. The first-order valence-corrected chi connectivity index (χ1v) is 6.31. The maximum absolute atomic E-state index is 11.7. The molecular weight excluding hydrogens is 216 g/mol. The SMILES string of the molecule is CN1CCCC(C2CN(CCC#N)C(=O)N2)C1. The molecule has 5 heteroatoms. The summed E-state index contributed by atoms with van der Waals surface area (Å²) in [7, 11) is 2.14. The Morgan fingerprint density at radius 2 is 2.35 bits per heavy atom. The number of carbonyl (C=O) groups is 1. The summed E-state index contributed by atoms with van der Waals surface area (Å²) in [6.07, 6.45) is 2.83. The largest absolute Gasteiger partial charge is 0.333 e. The van der Waals surface area contributed by atoms with Crippen LogP contribution in [-0.4, -0.2) is 55.1 Å². The van der Waals surface area contributed by atoms with E-state index in [0.29, 0.717) is 18.9 Å². The number of hydrogen-bond donors (Lipinski definition) is 1. The molecule has 0 aromatic heterocycles. The highest BCUT2D eigenvalue weighted by Crippen LogP contribution is 2.22. The Kier molecular flexibility index (Phi) is 3.85. The second-order valence-electron chi connectivity index (χ2n) is 5.07. The minimum atomic E-state index is -0.00141. The van der Waals surface area contributed by atoms with Crippen molar-refractivity contribution in [3.05, 3.63) is 0 Å². The molecule has 0 radical (unpaired) electrons. The van der Waals surface area contributed by atoms with Gasteiger partial charge in [-0.25, -0.2) is 4.79 Å². The number of likely N-dealkylation sites (tertiary alicyclic amines) is 1. The summed E-state index contributed by atoms with van der Waals surface area (Å²) in [5.41, 5.74) is 0. The van der Waals surface area contributed by atoms with Crippen molar-refractivity contribution in [1.82, 2.24) is 15.1 Å². The molecule has 17 heavy (non-hydrogen) atoms. The van der Waals surface area contributed by atoms with Crippen LogP contribution in [0.25, 0.3) is 0 Å². The van der Waals surface area contributed by atoms with Crippen LogP contribution in [0.4, 0.5) is 4.79 Å². The van der Waals surface area contributed by atoms with Crippen molar-refractivity contribution in [2.75, 3.05) is 33.2 Å². The lowest BCUT2D eigenvalue weighted by Crippen LogP contribution is -2.43. The maximum atomic E-state index is 11.7. The van der Waals surface area contributed by atoms with Crippen molar-refractivity contribution in [3.8, 4) is 6.07 Å². The summed E-state index contributed by atoms with van der Waals surface area (Å²) in [4.78, 5) is 15.8. The minimum Gasteiger partial charge on any atom is -0.333 e. The molecule has 2 aliphatic rings. The fourth-order valence-electron chi connectivity index (χ4n) is 2.80. The molecule has 0 aromatic carbocycles. The second kappa shape index (κ2) is 5.37. The second-order valence-corrected chi connectivity index (χ2v) is 5.07. The van der Waals surface area contributed by atoms with E-state index >= 15 is 0 Å². The van der Waals surface area contributed by atoms with Gasteiger partial charge in [0.1, 0.15) is 0 Å². The highest BCUT2D eigenvalue weighted by Gasteiger charge is 2.35. The van der Waals surface area contributed by atoms with E-state index in [9.17, 15) is 4.79 Å². The van der Waals surface area contributed by atoms with Crippen molar-refractivity contribution in [3.63, 3.8) is 0 Å². The van der Waals surface area contributed by atoms with Crippen molar-refractivity contribution >= 4 is 6.03 Å². The monoisotopic (exact) mass is 236 g/mol. The quantitative estimate of drug-likeness (QED) is 0.782. The van der Waals surface area contributed by atoms with Crippen LogP contribution in [-0.2, 0) is 0 Å². The summed E-state index contributed by atoms with van der Waals surface area (Å²) in [6.45, 7) is 3.55. The van der Waals surface area contributed by atoms with E-state index in [0.717, 1.165) is 19.6 Å². The molecule has 2 aliphatic heterocycles. The number of nitrogens with one attached hydrogen (secondary N) is 1. The first-order valence-electron chi connectivity index (χ1n) is 6.31. The van der Waals surface area contributed by atoms with Crippen LogP contribution in [0.5, 0.6) is 0 Å². The van der Waals surface area contributed by atoms with E-state index in [2.05, 4.69) is 23.3 Å². The number of nitrogens with zero attached hydrogens (tertiary/aromatic N) is 3. The molecule has 0 aliphatic carbocycles. The number of hydrogen-bond acceptors (Lipinski definition) is 3. The van der Waals surface area contributed by atoms with E-state index in [1.807, 2.05) is 0 Å². The van der Waals surface area contributed by atoms with Gasteiger partial charge in [-0.2, -0.15) is 5.26 Å². The number of piperidine rings is 1. The molecule has 2 rings (SSSR count). The van der Waals surface area contributed by atoms with E-state index in [-0.39, 0.29) is 12.1 Å². The first-order chi connectivity index (χ1) is 8.20. The standard InChI is InChI=1S/C12H20N4O/c1-15-6-2-4-10(8-15)11-9-16(7-3-5-13)12(17)14-11/h10-11H,2-4,6-9H2,1H3,(H,14,17). The van der Waals surface area contributed by atoms with Gasteiger partial charge in [0.2, 0.25) is 0 Å². The Morgan fingerprint density at radius 1 is 1.53 bits per heavy atom. The van der Waals surface area contributed by atoms with Crippen molar-refractivity contribution < 1.29 is 4.79 Å². The van der Waals surface area contributed by atoms with Crippen LogP contribution < -0.4 is 5.32 Å². The number of rotatable bonds is 3. The maximum Gasteiger partial charge on any atom is 0.317 e. The van der Waals surface area contributed by atoms with Crippen LogP contribution in [0.15, 0.2) is 0 Å². The van der Waals surface area contributed by atoms with Gasteiger partial charge in [0.25, 0.3) is 0 Å². The fraction of sp³-hybridized carbons (Fsp3) is 0.833. The van der Waals surface area contributed by atoms with Gasteiger partial charge in [0.05, 0.1) is 18.5 Å². The predicted molar refractivity (Wildman–Crippen MR) is 64.3 cm³/mol. The zero-order valence-electron chi connectivity index (χ0n) is 10.4. The highest BCUT2D eigenvalue weighted by atomic mass is 16.2. The lowest BCUT2D eigenvalue weighted by molar-refractivity contribution is 0.180. The third-order valence-corrected chi connectivity index (χ3v) is 3.74. The van der Waals surface area contributed by atoms with Gasteiger partial charge >= 0.3 is 6.03 Å². The van der Waals surface area contributed by atoms with Gasteiger partial charge in [-0.05, 0) is 32.4 Å². The molecule has 0 saturated carbocycles. The average Bonchev–Trinajstić information content (AvgIpc) is 2.68. The smallest absolute Gasteiger partial charge is 0.317 e. The molecule has 0 spiro atoms. The van der Waals surface area contributed by atoms with Gasteiger partial charge in [-0.15, -0.1) is 0 Å². The zero-order chi connectivity index (χ0) is 12.3. The summed E-state index contributed by atoms with van der Waals surface area (Å²) in [5, 5.41) is 11.6. The van der Waals surface area contributed by atoms with E-state index in [1.165, 1.54) is 12.8 Å². The lowest BCUT2D eigenvalue weighted by atomic mass is 9.91. The van der Waals surface area contributed by atoms with Crippen molar-refractivity contribution in [2.24, 2.45) is 5.92 Å². The van der Waals surface area contributed by atoms with E-state index in [4.69, 9.17) is 5.26 Å². The fourth-order valence-corrected chi connectivity index (χ4v) is 2.80. The summed E-state index contributed by atoms with van der Waals surface area (Å²) in [6, 6.07) is 2.35. The van der Waals surface area contributed by atoms with E-state index < -0.39 is 0 Å². The van der Waals surface area contributed by atoms with Crippen molar-refractivity contribution in [1.29, 1.82) is 5.26 Å². The first kappa shape index (κ1) is 12.2. The third kappa shape index (κ3) is 2.89. The number of nitriles is 1. The molecule has 2 saturated heterocycles. The Bertz CT molecular complexity index is 325. The number of carbonyl (C=O) groups excluding carboxylic acids is 1. The van der Waals surface area contributed by atoms with Gasteiger partial charge < -0.3 is 15.1 Å². The Hall–Kier alpha value is -1.28. The lowest BCUT2D eigenvalue weighted by Gasteiger charge is -2.32. The zero-order valence-corrected chi connectivity index (χ0v) is 10.4. The van der Waals surface area contributed by atoms with Gasteiger partial charge in [-0.1, -0.05) is 0 Å². The number of urea groups is 1.